The van der Waals surface area contributed by atoms with Gasteiger partial charge in [0.25, 0.3) is 0 Å². The minimum Gasteiger partial charge on any atom is -0.379 e. The van der Waals surface area contributed by atoms with Gasteiger partial charge in [-0.2, -0.15) is 0 Å². The van der Waals surface area contributed by atoms with Crippen molar-refractivity contribution in [2.45, 2.75) is 26.7 Å². The molecule has 1 aliphatic heterocycles. The van der Waals surface area contributed by atoms with Crippen molar-refractivity contribution in [1.29, 1.82) is 0 Å². The van der Waals surface area contributed by atoms with Crippen LogP contribution in [0.5, 0.6) is 0 Å². The molecule has 0 amide bonds. The van der Waals surface area contributed by atoms with Gasteiger partial charge in [-0.05, 0) is 12.8 Å². The number of morpholine rings is 1. The van der Waals surface area contributed by atoms with Gasteiger partial charge in [0.2, 0.25) is 0 Å². The molecular weight excluding hydrogens is 242 g/mol. The lowest BCUT2D eigenvalue weighted by Crippen LogP contribution is -2.40. The average molecular weight is 265 g/mol. The van der Waals surface area contributed by atoms with E-state index in [1.54, 1.807) is 6.33 Å². The number of nitrogens with zero attached hydrogens (tertiary/aromatic N) is 3. The van der Waals surface area contributed by atoms with Crippen molar-refractivity contribution in [1.82, 2.24) is 15.0 Å². The molecule has 0 aromatic carbocycles. The number of hydrogen-bond acceptors (Lipinski definition) is 6. The molecule has 106 valence electrons. The zero-order valence-electron chi connectivity index (χ0n) is 11.9. The van der Waals surface area contributed by atoms with Gasteiger partial charge < -0.3 is 15.5 Å². The van der Waals surface area contributed by atoms with Crippen LogP contribution >= 0.6 is 0 Å². The summed E-state index contributed by atoms with van der Waals surface area (Å²) in [6, 6.07) is 0. The standard InChI is InChI=1S/C13H23N5O/c1-4-14-12-11(10(2)3)13(16-9-15-12)17-18-5-7-19-8-6-18/h9-10H,4-8H2,1-3H3,(H2,14,15,16,17). The normalized spacial score (nSPS) is 16.6. The molecule has 0 bridgehead atoms. The van der Waals surface area contributed by atoms with E-state index in [9.17, 15) is 0 Å². The Balaban J connectivity index is 2.20. The third-order valence-electron chi connectivity index (χ3n) is 3.08. The molecule has 2 rings (SSSR count). The predicted octanol–water partition coefficient (Wildman–Crippen LogP) is 1.69. The molecule has 1 aromatic heterocycles. The Morgan fingerprint density at radius 3 is 2.58 bits per heavy atom. The Morgan fingerprint density at radius 2 is 1.95 bits per heavy atom. The molecule has 0 radical (unpaired) electrons. The summed E-state index contributed by atoms with van der Waals surface area (Å²) < 4.78 is 5.35. The number of hydrogen-bond donors (Lipinski definition) is 2. The largest absolute Gasteiger partial charge is 0.379 e. The molecule has 6 nitrogen and oxygen atoms in total. The Morgan fingerprint density at radius 1 is 1.26 bits per heavy atom. The van der Waals surface area contributed by atoms with E-state index in [2.05, 4.69) is 46.5 Å². The summed E-state index contributed by atoms with van der Waals surface area (Å²) in [7, 11) is 0. The fourth-order valence-corrected chi connectivity index (χ4v) is 2.16. The predicted molar refractivity (Wildman–Crippen MR) is 76.3 cm³/mol. The van der Waals surface area contributed by atoms with Crippen molar-refractivity contribution in [3.05, 3.63) is 11.9 Å². The number of nitrogens with one attached hydrogen (secondary N) is 2. The molecule has 2 N–H and O–H groups in total. The quantitative estimate of drug-likeness (QED) is 0.845. The van der Waals surface area contributed by atoms with Crippen LogP contribution in [0.2, 0.25) is 0 Å². The van der Waals surface area contributed by atoms with Gasteiger partial charge in [0.15, 0.2) is 0 Å². The maximum Gasteiger partial charge on any atom is 0.149 e. The van der Waals surface area contributed by atoms with E-state index in [1.807, 2.05) is 0 Å². The van der Waals surface area contributed by atoms with Crippen LogP contribution in [0.3, 0.4) is 0 Å². The summed E-state index contributed by atoms with van der Waals surface area (Å²) in [5.41, 5.74) is 4.53. The highest BCUT2D eigenvalue weighted by molar-refractivity contribution is 5.58. The molecule has 1 aromatic rings. The number of ether oxygens (including phenoxy) is 1. The average Bonchev–Trinajstić information content (AvgIpc) is 2.40. The molecule has 1 aliphatic rings. The number of rotatable bonds is 5. The Kier molecular flexibility index (Phi) is 4.93. The molecule has 0 saturated carbocycles. The van der Waals surface area contributed by atoms with Crippen LogP contribution in [-0.2, 0) is 4.74 Å². The first kappa shape index (κ1) is 14.0. The summed E-state index contributed by atoms with van der Waals surface area (Å²) in [6.07, 6.45) is 1.60. The van der Waals surface area contributed by atoms with E-state index >= 15 is 0 Å². The lowest BCUT2D eigenvalue weighted by atomic mass is 10.0. The minimum atomic E-state index is 0.360. The van der Waals surface area contributed by atoms with Gasteiger partial charge in [-0.1, -0.05) is 13.8 Å². The maximum atomic E-state index is 5.35. The topological polar surface area (TPSA) is 62.3 Å². The molecule has 1 fully saturated rings. The lowest BCUT2D eigenvalue weighted by molar-refractivity contribution is 0.0494. The molecule has 0 spiro atoms. The second kappa shape index (κ2) is 6.68. The smallest absolute Gasteiger partial charge is 0.149 e. The maximum absolute atomic E-state index is 5.35. The van der Waals surface area contributed by atoms with Gasteiger partial charge in [0.1, 0.15) is 18.0 Å². The van der Waals surface area contributed by atoms with E-state index in [4.69, 9.17) is 4.74 Å². The van der Waals surface area contributed by atoms with Gasteiger partial charge in [0, 0.05) is 25.2 Å². The van der Waals surface area contributed by atoms with Crippen LogP contribution in [0.4, 0.5) is 11.6 Å². The Labute approximate surface area is 114 Å². The van der Waals surface area contributed by atoms with Gasteiger partial charge in [-0.3, -0.25) is 0 Å². The summed E-state index contributed by atoms with van der Waals surface area (Å²) in [6.45, 7) is 10.5. The van der Waals surface area contributed by atoms with Crippen molar-refractivity contribution in [3.8, 4) is 0 Å². The van der Waals surface area contributed by atoms with Crippen LogP contribution in [-0.4, -0.2) is 47.8 Å². The Bertz CT molecular complexity index is 404. The third-order valence-corrected chi connectivity index (χ3v) is 3.08. The van der Waals surface area contributed by atoms with E-state index in [0.717, 1.165) is 50.0 Å². The van der Waals surface area contributed by atoms with Gasteiger partial charge in [0.05, 0.1) is 13.2 Å². The summed E-state index contributed by atoms with van der Waals surface area (Å²) in [5.74, 6) is 2.17. The number of hydrazine groups is 1. The molecular formula is C13H23N5O. The van der Waals surface area contributed by atoms with Gasteiger partial charge >= 0.3 is 0 Å². The molecule has 1 saturated heterocycles. The number of aromatic nitrogens is 2. The number of anilines is 2. The third kappa shape index (κ3) is 3.54. The van der Waals surface area contributed by atoms with Crippen LogP contribution in [0.1, 0.15) is 32.3 Å². The second-order valence-corrected chi connectivity index (χ2v) is 4.88. The highest BCUT2D eigenvalue weighted by Crippen LogP contribution is 2.28. The fraction of sp³-hybridized carbons (Fsp3) is 0.692. The molecule has 2 heterocycles. The van der Waals surface area contributed by atoms with Crippen molar-refractivity contribution in [2.75, 3.05) is 43.6 Å². The molecule has 19 heavy (non-hydrogen) atoms. The zero-order chi connectivity index (χ0) is 13.7. The highest BCUT2D eigenvalue weighted by atomic mass is 16.5. The van der Waals surface area contributed by atoms with Crippen LogP contribution in [0.15, 0.2) is 6.33 Å². The van der Waals surface area contributed by atoms with Gasteiger partial charge in [-0.25, -0.2) is 15.0 Å². The molecule has 0 atom stereocenters. The van der Waals surface area contributed by atoms with Gasteiger partial charge in [-0.15, -0.1) is 0 Å². The van der Waals surface area contributed by atoms with Crippen molar-refractivity contribution >= 4 is 11.6 Å². The van der Waals surface area contributed by atoms with Crippen molar-refractivity contribution in [3.63, 3.8) is 0 Å². The first-order valence-electron chi connectivity index (χ1n) is 6.90. The van der Waals surface area contributed by atoms with E-state index in [-0.39, 0.29) is 0 Å². The van der Waals surface area contributed by atoms with Crippen LogP contribution < -0.4 is 10.7 Å². The molecule has 0 aliphatic carbocycles. The molecule has 0 unspecified atom stereocenters. The second-order valence-electron chi connectivity index (χ2n) is 4.88. The Hall–Kier alpha value is -1.40. The first-order valence-corrected chi connectivity index (χ1v) is 6.90. The van der Waals surface area contributed by atoms with Crippen molar-refractivity contribution in [2.24, 2.45) is 0 Å². The summed E-state index contributed by atoms with van der Waals surface area (Å²) in [5, 5.41) is 5.45. The zero-order valence-corrected chi connectivity index (χ0v) is 11.9. The fourth-order valence-electron chi connectivity index (χ4n) is 2.16. The summed E-state index contributed by atoms with van der Waals surface area (Å²) >= 11 is 0. The van der Waals surface area contributed by atoms with E-state index in [0.29, 0.717) is 5.92 Å². The first-order chi connectivity index (χ1) is 9.22. The van der Waals surface area contributed by atoms with Crippen LogP contribution in [0, 0.1) is 0 Å². The highest BCUT2D eigenvalue weighted by Gasteiger charge is 2.17. The SMILES string of the molecule is CCNc1ncnc(NN2CCOCC2)c1C(C)C. The minimum absolute atomic E-state index is 0.360. The van der Waals surface area contributed by atoms with E-state index in [1.165, 1.54) is 0 Å². The molecule has 6 heteroatoms. The van der Waals surface area contributed by atoms with E-state index < -0.39 is 0 Å². The monoisotopic (exact) mass is 265 g/mol. The lowest BCUT2D eigenvalue weighted by Gasteiger charge is -2.29. The van der Waals surface area contributed by atoms with Crippen LogP contribution in [0.25, 0.3) is 0 Å². The summed E-state index contributed by atoms with van der Waals surface area (Å²) in [4.78, 5) is 8.73. The van der Waals surface area contributed by atoms with Crippen molar-refractivity contribution < 1.29 is 4.74 Å².